The lowest BCUT2D eigenvalue weighted by atomic mass is 9.91. The van der Waals surface area contributed by atoms with E-state index in [1.165, 1.54) is 0 Å². The van der Waals surface area contributed by atoms with Gasteiger partial charge in [0, 0.05) is 5.69 Å². The van der Waals surface area contributed by atoms with Gasteiger partial charge in [-0.25, -0.2) is 4.79 Å². The van der Waals surface area contributed by atoms with Gasteiger partial charge in [0.15, 0.2) is 0 Å². The van der Waals surface area contributed by atoms with Crippen molar-refractivity contribution in [2.75, 3.05) is 11.5 Å². The summed E-state index contributed by atoms with van der Waals surface area (Å²) in [7, 11) is 0. The molecule has 1 aliphatic rings. The van der Waals surface area contributed by atoms with E-state index in [4.69, 9.17) is 4.74 Å². The smallest absolute Gasteiger partial charge is 0.415 e. The maximum atomic E-state index is 12.1. The molecule has 1 heterocycles. The van der Waals surface area contributed by atoms with Crippen LogP contribution in [0.5, 0.6) is 0 Å². The molecule has 0 spiro atoms. The van der Waals surface area contributed by atoms with E-state index in [2.05, 4.69) is 0 Å². The third-order valence-corrected chi connectivity index (χ3v) is 3.56. The Bertz CT molecular complexity index is 582. The molecule has 19 heavy (non-hydrogen) atoms. The first-order valence-corrected chi connectivity index (χ1v) is 6.29. The number of rotatable bonds is 2. The Balaban J connectivity index is 2.08. The zero-order valence-corrected chi connectivity index (χ0v) is 10.7. The van der Waals surface area contributed by atoms with Gasteiger partial charge in [-0.3, -0.25) is 4.90 Å². The van der Waals surface area contributed by atoms with Crippen molar-refractivity contribution in [3.05, 3.63) is 66.2 Å². The summed E-state index contributed by atoms with van der Waals surface area (Å²) in [4.78, 5) is 13.8. The predicted octanol–water partition coefficient (Wildman–Crippen LogP) is 3.56. The second-order valence-corrected chi connectivity index (χ2v) is 4.87. The van der Waals surface area contributed by atoms with Gasteiger partial charge in [0.25, 0.3) is 0 Å². The van der Waals surface area contributed by atoms with Crippen LogP contribution in [0.1, 0.15) is 12.5 Å². The first-order valence-electron chi connectivity index (χ1n) is 6.29. The Morgan fingerprint density at radius 1 is 1.00 bits per heavy atom. The molecule has 0 N–H and O–H groups in total. The lowest BCUT2D eigenvalue weighted by Gasteiger charge is -2.32. The zero-order valence-electron chi connectivity index (χ0n) is 10.7. The summed E-state index contributed by atoms with van der Waals surface area (Å²) in [6.07, 6.45) is -0.294. The molecule has 1 aliphatic heterocycles. The van der Waals surface area contributed by atoms with E-state index in [9.17, 15) is 4.79 Å². The second-order valence-electron chi connectivity index (χ2n) is 4.87. The van der Waals surface area contributed by atoms with Crippen molar-refractivity contribution in [3.8, 4) is 0 Å². The topological polar surface area (TPSA) is 29.5 Å². The molecule has 1 fully saturated rings. The van der Waals surface area contributed by atoms with Crippen LogP contribution in [0.15, 0.2) is 60.7 Å². The van der Waals surface area contributed by atoms with Gasteiger partial charge in [-0.2, -0.15) is 0 Å². The number of hydrogen-bond acceptors (Lipinski definition) is 2. The molecule has 3 nitrogen and oxygen atoms in total. The molecule has 3 rings (SSSR count). The van der Waals surface area contributed by atoms with Gasteiger partial charge < -0.3 is 4.74 Å². The highest BCUT2D eigenvalue weighted by Crippen LogP contribution is 2.37. The van der Waals surface area contributed by atoms with Crippen molar-refractivity contribution in [2.45, 2.75) is 12.5 Å². The fourth-order valence-electron chi connectivity index (χ4n) is 2.51. The summed E-state index contributed by atoms with van der Waals surface area (Å²) in [6.45, 7) is 2.39. The largest absolute Gasteiger partial charge is 0.446 e. The van der Waals surface area contributed by atoms with Gasteiger partial charge in [0.1, 0.15) is 12.1 Å². The van der Waals surface area contributed by atoms with Gasteiger partial charge in [-0.15, -0.1) is 0 Å². The summed E-state index contributed by atoms with van der Waals surface area (Å²) in [5, 5.41) is 0. The molecule has 0 unspecified atom stereocenters. The number of ether oxygens (including phenoxy) is 1. The maximum Gasteiger partial charge on any atom is 0.415 e. The van der Waals surface area contributed by atoms with Crippen LogP contribution >= 0.6 is 0 Å². The number of para-hydroxylation sites is 1. The van der Waals surface area contributed by atoms with Gasteiger partial charge in [-0.1, -0.05) is 48.5 Å². The molecule has 2 aromatic carbocycles. The molecular weight excluding hydrogens is 238 g/mol. The summed E-state index contributed by atoms with van der Waals surface area (Å²) in [5.41, 5.74) is 1.47. The molecule has 2 aromatic rings. The minimum absolute atomic E-state index is 0.294. The van der Waals surface area contributed by atoms with E-state index >= 15 is 0 Å². The van der Waals surface area contributed by atoms with E-state index in [1.807, 2.05) is 67.6 Å². The average molecular weight is 253 g/mol. The number of anilines is 1. The highest BCUT2D eigenvalue weighted by Gasteiger charge is 2.45. The molecule has 1 amide bonds. The Morgan fingerprint density at radius 3 is 2.21 bits per heavy atom. The average Bonchev–Trinajstić information content (AvgIpc) is 2.78. The maximum absolute atomic E-state index is 12.1. The lowest BCUT2D eigenvalue weighted by molar-refractivity contribution is 0.174. The minimum atomic E-state index is -0.459. The molecule has 1 saturated heterocycles. The van der Waals surface area contributed by atoms with Crippen molar-refractivity contribution in [1.82, 2.24) is 0 Å². The van der Waals surface area contributed by atoms with Crippen LogP contribution in [-0.4, -0.2) is 12.7 Å². The van der Waals surface area contributed by atoms with Crippen LogP contribution in [0.4, 0.5) is 10.5 Å². The normalized spacial score (nSPS) is 22.4. The van der Waals surface area contributed by atoms with Gasteiger partial charge in [0.2, 0.25) is 0 Å². The van der Waals surface area contributed by atoms with Crippen molar-refractivity contribution >= 4 is 11.8 Å². The summed E-state index contributed by atoms with van der Waals surface area (Å²) < 4.78 is 5.28. The second kappa shape index (κ2) is 4.43. The van der Waals surface area contributed by atoms with Crippen molar-refractivity contribution < 1.29 is 9.53 Å². The third-order valence-electron chi connectivity index (χ3n) is 3.56. The molecule has 0 aromatic heterocycles. The number of carbonyl (C=O) groups excluding carboxylic acids is 1. The Labute approximate surface area is 112 Å². The number of carbonyl (C=O) groups is 1. The molecule has 0 radical (unpaired) electrons. The first-order chi connectivity index (χ1) is 9.22. The summed E-state index contributed by atoms with van der Waals surface area (Å²) >= 11 is 0. The van der Waals surface area contributed by atoms with Gasteiger partial charge in [-0.05, 0) is 24.6 Å². The van der Waals surface area contributed by atoms with E-state index in [1.54, 1.807) is 4.90 Å². The van der Waals surface area contributed by atoms with Crippen molar-refractivity contribution in [2.24, 2.45) is 0 Å². The molecule has 0 saturated carbocycles. The van der Waals surface area contributed by atoms with E-state index in [0.29, 0.717) is 6.61 Å². The SMILES string of the molecule is C[C@]1(c2ccccc2)COC(=O)N1c1ccccc1. The molecule has 1 atom stereocenters. The van der Waals surface area contributed by atoms with E-state index in [-0.39, 0.29) is 6.09 Å². The molecule has 96 valence electrons. The molecule has 0 aliphatic carbocycles. The monoisotopic (exact) mass is 253 g/mol. The van der Waals surface area contributed by atoms with Gasteiger partial charge in [0.05, 0.1) is 0 Å². The Hall–Kier alpha value is -2.29. The Kier molecular flexibility index (Phi) is 2.75. The zero-order chi connectivity index (χ0) is 13.3. The lowest BCUT2D eigenvalue weighted by Crippen LogP contribution is -2.42. The number of hydrogen-bond donors (Lipinski definition) is 0. The van der Waals surface area contributed by atoms with E-state index in [0.717, 1.165) is 11.3 Å². The number of cyclic esters (lactones) is 1. The predicted molar refractivity (Wildman–Crippen MR) is 74.1 cm³/mol. The van der Waals surface area contributed by atoms with Crippen LogP contribution in [0.25, 0.3) is 0 Å². The fourth-order valence-corrected chi connectivity index (χ4v) is 2.51. The number of nitrogens with zero attached hydrogens (tertiary/aromatic N) is 1. The standard InChI is InChI=1S/C16H15NO2/c1-16(13-8-4-2-5-9-13)12-19-15(18)17(16)14-10-6-3-7-11-14/h2-11H,12H2,1H3/t16-/m1/s1. The van der Waals surface area contributed by atoms with Crippen molar-refractivity contribution in [1.29, 1.82) is 0 Å². The van der Waals surface area contributed by atoms with Crippen LogP contribution in [-0.2, 0) is 10.3 Å². The Morgan fingerprint density at radius 2 is 1.58 bits per heavy atom. The van der Waals surface area contributed by atoms with Crippen LogP contribution in [0, 0.1) is 0 Å². The fraction of sp³-hybridized carbons (Fsp3) is 0.188. The summed E-state index contributed by atoms with van der Waals surface area (Å²) in [5.74, 6) is 0. The highest BCUT2D eigenvalue weighted by molar-refractivity contribution is 5.91. The first kappa shape index (κ1) is 11.8. The number of benzene rings is 2. The van der Waals surface area contributed by atoms with Crippen molar-refractivity contribution in [3.63, 3.8) is 0 Å². The quantitative estimate of drug-likeness (QED) is 0.819. The van der Waals surface area contributed by atoms with Crippen LogP contribution < -0.4 is 4.90 Å². The molecule has 3 heteroatoms. The van der Waals surface area contributed by atoms with Gasteiger partial charge >= 0.3 is 6.09 Å². The summed E-state index contributed by atoms with van der Waals surface area (Å²) in [6, 6.07) is 19.6. The third kappa shape index (κ3) is 1.87. The highest BCUT2D eigenvalue weighted by atomic mass is 16.6. The number of amides is 1. The van der Waals surface area contributed by atoms with Crippen LogP contribution in [0.2, 0.25) is 0 Å². The molecule has 0 bridgehead atoms. The van der Waals surface area contributed by atoms with E-state index < -0.39 is 5.54 Å². The molecular formula is C16H15NO2. The van der Waals surface area contributed by atoms with Crippen LogP contribution in [0.3, 0.4) is 0 Å². The minimum Gasteiger partial charge on any atom is -0.446 e.